The predicted molar refractivity (Wildman–Crippen MR) is 75.0 cm³/mol. The van der Waals surface area contributed by atoms with Gasteiger partial charge >= 0.3 is 0 Å². The zero-order chi connectivity index (χ0) is 14.1. The van der Waals surface area contributed by atoms with Gasteiger partial charge in [-0.15, -0.1) is 0 Å². The molecule has 1 heterocycles. The number of rotatable bonds is 2. The highest BCUT2D eigenvalue weighted by Crippen LogP contribution is 2.22. The molecule has 0 aliphatic carbocycles. The van der Waals surface area contributed by atoms with Crippen LogP contribution in [0.1, 0.15) is 10.6 Å². The molecule has 0 aliphatic rings. The Balaban J connectivity index is 1.88. The van der Waals surface area contributed by atoms with Crippen LogP contribution in [0, 0.1) is 5.82 Å². The zero-order valence-electron chi connectivity index (χ0n) is 10.4. The van der Waals surface area contributed by atoms with Crippen LogP contribution in [0.3, 0.4) is 0 Å². The topological polar surface area (TPSA) is 68.3 Å². The van der Waals surface area contributed by atoms with Crippen LogP contribution < -0.4 is 11.1 Å². The zero-order valence-corrected chi connectivity index (χ0v) is 10.4. The van der Waals surface area contributed by atoms with Crippen molar-refractivity contribution in [3.63, 3.8) is 0 Å². The third-order valence-electron chi connectivity index (χ3n) is 2.85. The number of hydrogen-bond donors (Lipinski definition) is 2. The van der Waals surface area contributed by atoms with Crippen LogP contribution in [0.15, 0.2) is 52.9 Å². The van der Waals surface area contributed by atoms with E-state index in [9.17, 15) is 9.18 Å². The molecule has 20 heavy (non-hydrogen) atoms. The Bertz CT molecular complexity index is 795. The number of nitrogens with one attached hydrogen (secondary N) is 1. The number of fused-ring (bicyclic) bond motifs is 1. The summed E-state index contributed by atoms with van der Waals surface area (Å²) in [7, 11) is 0. The molecular weight excluding hydrogens is 259 g/mol. The molecule has 2 aromatic carbocycles. The Labute approximate surface area is 114 Å². The molecule has 4 nitrogen and oxygen atoms in total. The summed E-state index contributed by atoms with van der Waals surface area (Å²) in [6.45, 7) is 0. The number of amides is 1. The number of nitrogens with two attached hydrogens (primary N) is 1. The summed E-state index contributed by atoms with van der Waals surface area (Å²) in [4.78, 5) is 12.0. The first-order valence-electron chi connectivity index (χ1n) is 5.98. The van der Waals surface area contributed by atoms with E-state index in [2.05, 4.69) is 5.32 Å². The summed E-state index contributed by atoms with van der Waals surface area (Å²) >= 11 is 0. The lowest BCUT2D eigenvalue weighted by Crippen LogP contribution is -2.10. The molecule has 3 aromatic rings. The molecule has 0 spiro atoms. The molecule has 0 aliphatic heterocycles. The first-order valence-corrected chi connectivity index (χ1v) is 5.98. The molecule has 100 valence electrons. The van der Waals surface area contributed by atoms with Gasteiger partial charge in [0, 0.05) is 16.8 Å². The van der Waals surface area contributed by atoms with E-state index in [4.69, 9.17) is 10.2 Å². The van der Waals surface area contributed by atoms with Gasteiger partial charge in [-0.3, -0.25) is 4.79 Å². The number of anilines is 2. The van der Waals surface area contributed by atoms with E-state index in [0.717, 1.165) is 5.39 Å². The Morgan fingerprint density at radius 2 is 2.00 bits per heavy atom. The molecular formula is C15H11FN2O2. The molecule has 3 N–H and O–H groups in total. The normalized spacial score (nSPS) is 10.7. The minimum absolute atomic E-state index is 0.148. The molecule has 0 saturated heterocycles. The van der Waals surface area contributed by atoms with Gasteiger partial charge in [0.15, 0.2) is 5.76 Å². The summed E-state index contributed by atoms with van der Waals surface area (Å²) in [5, 5.41) is 3.32. The van der Waals surface area contributed by atoms with Crippen molar-refractivity contribution in [2.75, 3.05) is 11.1 Å². The highest BCUT2D eigenvalue weighted by molar-refractivity contribution is 6.04. The third-order valence-corrected chi connectivity index (χ3v) is 2.85. The highest BCUT2D eigenvalue weighted by Gasteiger charge is 2.12. The second-order valence-corrected chi connectivity index (χ2v) is 4.37. The van der Waals surface area contributed by atoms with Crippen molar-refractivity contribution in [1.29, 1.82) is 0 Å². The number of hydrogen-bond acceptors (Lipinski definition) is 3. The summed E-state index contributed by atoms with van der Waals surface area (Å²) in [5.74, 6) is -0.708. The van der Waals surface area contributed by atoms with E-state index in [-0.39, 0.29) is 5.76 Å². The van der Waals surface area contributed by atoms with Crippen molar-refractivity contribution in [2.24, 2.45) is 0 Å². The van der Waals surface area contributed by atoms with Crippen molar-refractivity contribution < 1.29 is 13.6 Å². The summed E-state index contributed by atoms with van der Waals surface area (Å²) in [5.41, 5.74) is 7.20. The summed E-state index contributed by atoms with van der Waals surface area (Å²) in [6.07, 6.45) is 0. The number of benzene rings is 2. The third kappa shape index (κ3) is 2.33. The van der Waals surface area contributed by atoms with E-state index in [1.165, 1.54) is 18.2 Å². The van der Waals surface area contributed by atoms with Gasteiger partial charge < -0.3 is 15.5 Å². The minimum atomic E-state index is -0.439. The molecule has 0 atom stereocenters. The number of carbonyl (C=O) groups is 1. The van der Waals surface area contributed by atoms with E-state index < -0.39 is 11.7 Å². The summed E-state index contributed by atoms with van der Waals surface area (Å²) in [6, 6.07) is 12.4. The van der Waals surface area contributed by atoms with Crippen molar-refractivity contribution in [2.45, 2.75) is 0 Å². The van der Waals surface area contributed by atoms with Crippen LogP contribution >= 0.6 is 0 Å². The molecule has 3 rings (SSSR count). The average Bonchev–Trinajstić information content (AvgIpc) is 2.81. The Morgan fingerprint density at radius 3 is 2.80 bits per heavy atom. The van der Waals surface area contributed by atoms with Crippen LogP contribution in [-0.4, -0.2) is 5.91 Å². The lowest BCUT2D eigenvalue weighted by Gasteiger charge is -2.02. The number of halogens is 1. The van der Waals surface area contributed by atoms with Crippen LogP contribution in [0.2, 0.25) is 0 Å². The molecule has 0 fully saturated rings. The van der Waals surface area contributed by atoms with Crippen LogP contribution in [0.25, 0.3) is 11.0 Å². The Kier molecular flexibility index (Phi) is 2.87. The van der Waals surface area contributed by atoms with Gasteiger partial charge in [-0.2, -0.15) is 0 Å². The van der Waals surface area contributed by atoms with E-state index in [1.54, 1.807) is 30.3 Å². The molecule has 0 bridgehead atoms. The van der Waals surface area contributed by atoms with Crippen molar-refractivity contribution in [1.82, 2.24) is 0 Å². The second-order valence-electron chi connectivity index (χ2n) is 4.37. The maximum absolute atomic E-state index is 13.0. The second kappa shape index (κ2) is 4.70. The smallest absolute Gasteiger partial charge is 0.291 e. The Morgan fingerprint density at radius 1 is 1.15 bits per heavy atom. The minimum Gasteiger partial charge on any atom is -0.451 e. The van der Waals surface area contributed by atoms with Gasteiger partial charge in [-0.25, -0.2) is 4.39 Å². The maximum Gasteiger partial charge on any atom is 0.291 e. The van der Waals surface area contributed by atoms with Gasteiger partial charge in [0.1, 0.15) is 11.4 Å². The number of carbonyl (C=O) groups excluding carboxylic acids is 1. The molecule has 1 amide bonds. The van der Waals surface area contributed by atoms with Gasteiger partial charge in [0.05, 0.1) is 0 Å². The van der Waals surface area contributed by atoms with Crippen molar-refractivity contribution in [3.8, 4) is 0 Å². The van der Waals surface area contributed by atoms with Crippen LogP contribution in [0.4, 0.5) is 15.8 Å². The standard InChI is InChI=1S/C15H11FN2O2/c16-10-2-1-3-12(8-10)18-15(19)14-7-9-6-11(17)4-5-13(9)20-14/h1-8H,17H2,(H,18,19). The SMILES string of the molecule is Nc1ccc2oc(C(=O)Nc3cccc(F)c3)cc2c1. The predicted octanol–water partition coefficient (Wildman–Crippen LogP) is 3.41. The fourth-order valence-electron chi connectivity index (χ4n) is 1.93. The van der Waals surface area contributed by atoms with Gasteiger partial charge in [0.25, 0.3) is 5.91 Å². The number of furan rings is 1. The lowest BCUT2D eigenvalue weighted by molar-refractivity contribution is 0.0998. The molecule has 0 radical (unpaired) electrons. The molecule has 1 aromatic heterocycles. The maximum atomic E-state index is 13.0. The first kappa shape index (κ1) is 12.2. The monoisotopic (exact) mass is 270 g/mol. The van der Waals surface area contributed by atoms with Gasteiger partial charge in [0.2, 0.25) is 0 Å². The fourth-order valence-corrected chi connectivity index (χ4v) is 1.93. The highest BCUT2D eigenvalue weighted by atomic mass is 19.1. The molecule has 0 unspecified atom stereocenters. The average molecular weight is 270 g/mol. The lowest BCUT2D eigenvalue weighted by atomic mass is 10.2. The van der Waals surface area contributed by atoms with Gasteiger partial charge in [-0.05, 0) is 42.5 Å². The van der Waals surface area contributed by atoms with Crippen molar-refractivity contribution >= 4 is 28.3 Å². The van der Waals surface area contributed by atoms with E-state index in [0.29, 0.717) is 17.0 Å². The largest absolute Gasteiger partial charge is 0.451 e. The van der Waals surface area contributed by atoms with Gasteiger partial charge in [-0.1, -0.05) is 6.07 Å². The molecule has 0 saturated carbocycles. The molecule has 5 heteroatoms. The van der Waals surface area contributed by atoms with Crippen LogP contribution in [-0.2, 0) is 0 Å². The van der Waals surface area contributed by atoms with E-state index >= 15 is 0 Å². The first-order chi connectivity index (χ1) is 9.61. The van der Waals surface area contributed by atoms with Crippen molar-refractivity contribution in [3.05, 3.63) is 60.1 Å². The number of nitrogen functional groups attached to an aromatic ring is 1. The van der Waals surface area contributed by atoms with E-state index in [1.807, 2.05) is 0 Å². The fraction of sp³-hybridized carbons (Fsp3) is 0. The van der Waals surface area contributed by atoms with Crippen LogP contribution in [0.5, 0.6) is 0 Å². The summed E-state index contributed by atoms with van der Waals surface area (Å²) < 4.78 is 18.5. The Hall–Kier alpha value is -2.82. The quantitative estimate of drug-likeness (QED) is 0.701.